The summed E-state index contributed by atoms with van der Waals surface area (Å²) in [7, 11) is 0. The first-order valence-electron chi connectivity index (χ1n) is 7.56. The van der Waals surface area contributed by atoms with E-state index in [-0.39, 0.29) is 17.6 Å². The first-order chi connectivity index (χ1) is 12.1. The number of hydrogen-bond donors (Lipinski definition) is 3. The molecule has 2 aromatic heterocycles. The Labute approximate surface area is 144 Å². The second-order valence-corrected chi connectivity index (χ2v) is 5.25. The number of rotatable bonds is 5. The Morgan fingerprint density at radius 3 is 2.48 bits per heavy atom. The topological polar surface area (TPSA) is 96.3 Å². The van der Waals surface area contributed by atoms with Crippen LogP contribution in [0.25, 0.3) is 0 Å². The van der Waals surface area contributed by atoms with E-state index >= 15 is 0 Å². The van der Waals surface area contributed by atoms with Gasteiger partial charge >= 0.3 is 0 Å². The van der Waals surface area contributed by atoms with Gasteiger partial charge in [0.15, 0.2) is 5.76 Å². The molecule has 0 aliphatic rings. The van der Waals surface area contributed by atoms with Crippen LogP contribution in [0.3, 0.4) is 0 Å². The Bertz CT molecular complexity index is 874. The van der Waals surface area contributed by atoms with Crippen LogP contribution in [0.1, 0.15) is 17.5 Å². The van der Waals surface area contributed by atoms with E-state index in [1.54, 1.807) is 36.5 Å². The number of hydrogen-bond acceptors (Lipinski definition) is 5. The number of amides is 2. The molecule has 1 aromatic carbocycles. The molecule has 0 aliphatic carbocycles. The van der Waals surface area contributed by atoms with Crippen molar-refractivity contribution >= 4 is 34.7 Å². The third-order valence-electron chi connectivity index (χ3n) is 3.22. The normalized spacial score (nSPS) is 10.1. The molecule has 126 valence electrons. The maximum atomic E-state index is 11.9. The molecule has 2 amide bonds. The minimum Gasteiger partial charge on any atom is -0.459 e. The summed E-state index contributed by atoms with van der Waals surface area (Å²) in [5.41, 5.74) is 2.25. The molecule has 0 radical (unpaired) electrons. The minimum atomic E-state index is -0.360. The zero-order valence-corrected chi connectivity index (χ0v) is 13.4. The standard InChI is InChI=1S/C18H16N4O3/c1-12(23)20-13-4-2-5-14(10-13)21-15-7-8-17(19-11-15)22-18(24)16-6-3-9-25-16/h2-11,21H,1H3,(H,20,23)(H,19,22,24). The number of benzene rings is 1. The van der Waals surface area contributed by atoms with E-state index in [2.05, 4.69) is 20.9 Å². The van der Waals surface area contributed by atoms with Gasteiger partial charge in [0, 0.05) is 18.3 Å². The van der Waals surface area contributed by atoms with Gasteiger partial charge in [0.1, 0.15) is 5.82 Å². The second-order valence-electron chi connectivity index (χ2n) is 5.25. The molecule has 7 nitrogen and oxygen atoms in total. The average molecular weight is 336 g/mol. The molecular weight excluding hydrogens is 320 g/mol. The summed E-state index contributed by atoms with van der Waals surface area (Å²) < 4.78 is 5.03. The van der Waals surface area contributed by atoms with Crippen LogP contribution in [0.2, 0.25) is 0 Å². The van der Waals surface area contributed by atoms with Crippen molar-refractivity contribution in [3.63, 3.8) is 0 Å². The first kappa shape index (κ1) is 16.3. The van der Waals surface area contributed by atoms with Crippen LogP contribution in [-0.4, -0.2) is 16.8 Å². The lowest BCUT2D eigenvalue weighted by Gasteiger charge is -2.09. The van der Waals surface area contributed by atoms with Gasteiger partial charge in [0.05, 0.1) is 18.1 Å². The summed E-state index contributed by atoms with van der Waals surface area (Å²) in [5, 5.41) is 8.55. The molecule has 0 bridgehead atoms. The molecule has 0 unspecified atom stereocenters. The SMILES string of the molecule is CC(=O)Nc1cccc(Nc2ccc(NC(=O)c3ccco3)nc2)c1. The van der Waals surface area contributed by atoms with Gasteiger partial charge in [0.2, 0.25) is 5.91 Å². The molecule has 25 heavy (non-hydrogen) atoms. The van der Waals surface area contributed by atoms with E-state index in [4.69, 9.17) is 4.42 Å². The van der Waals surface area contributed by atoms with Crippen molar-refractivity contribution in [3.8, 4) is 0 Å². The van der Waals surface area contributed by atoms with Crippen LogP contribution in [0.15, 0.2) is 65.4 Å². The number of furan rings is 1. The Balaban J connectivity index is 1.64. The van der Waals surface area contributed by atoms with E-state index in [0.29, 0.717) is 11.5 Å². The molecule has 0 aliphatic heterocycles. The van der Waals surface area contributed by atoms with Crippen molar-refractivity contribution in [1.29, 1.82) is 0 Å². The van der Waals surface area contributed by atoms with Crippen LogP contribution in [0.4, 0.5) is 22.9 Å². The highest BCUT2D eigenvalue weighted by Gasteiger charge is 2.09. The van der Waals surface area contributed by atoms with E-state index < -0.39 is 0 Å². The molecule has 0 saturated heterocycles. The van der Waals surface area contributed by atoms with Crippen molar-refractivity contribution in [2.24, 2.45) is 0 Å². The maximum absolute atomic E-state index is 11.9. The fraction of sp³-hybridized carbons (Fsp3) is 0.0556. The van der Waals surface area contributed by atoms with Gasteiger partial charge in [-0.25, -0.2) is 4.98 Å². The number of nitrogens with zero attached hydrogens (tertiary/aromatic N) is 1. The van der Waals surface area contributed by atoms with Crippen LogP contribution in [-0.2, 0) is 4.79 Å². The zero-order chi connectivity index (χ0) is 17.6. The third-order valence-corrected chi connectivity index (χ3v) is 3.22. The monoisotopic (exact) mass is 336 g/mol. The van der Waals surface area contributed by atoms with Gasteiger partial charge in [0.25, 0.3) is 5.91 Å². The van der Waals surface area contributed by atoms with Crippen LogP contribution >= 0.6 is 0 Å². The Morgan fingerprint density at radius 2 is 1.80 bits per heavy atom. The van der Waals surface area contributed by atoms with Crippen molar-refractivity contribution in [2.75, 3.05) is 16.0 Å². The third kappa shape index (κ3) is 4.44. The lowest BCUT2D eigenvalue weighted by atomic mass is 10.2. The molecule has 0 fully saturated rings. The number of carbonyl (C=O) groups excluding carboxylic acids is 2. The fourth-order valence-electron chi connectivity index (χ4n) is 2.17. The lowest BCUT2D eigenvalue weighted by Crippen LogP contribution is -2.11. The molecule has 0 spiro atoms. The van der Waals surface area contributed by atoms with Gasteiger partial charge in [-0.05, 0) is 42.5 Å². The molecule has 0 atom stereocenters. The van der Waals surface area contributed by atoms with E-state index in [1.165, 1.54) is 13.2 Å². The predicted molar refractivity (Wildman–Crippen MR) is 94.9 cm³/mol. The highest BCUT2D eigenvalue weighted by molar-refractivity contribution is 6.01. The second kappa shape index (κ2) is 7.31. The molecule has 3 N–H and O–H groups in total. The number of anilines is 4. The highest BCUT2D eigenvalue weighted by Crippen LogP contribution is 2.20. The number of nitrogens with one attached hydrogen (secondary N) is 3. The number of pyridine rings is 1. The smallest absolute Gasteiger partial charge is 0.292 e. The van der Waals surface area contributed by atoms with Crippen molar-refractivity contribution in [1.82, 2.24) is 4.98 Å². The van der Waals surface area contributed by atoms with Gasteiger partial charge in [-0.15, -0.1) is 0 Å². The molecule has 0 saturated carbocycles. The molecular formula is C18H16N4O3. The fourth-order valence-corrected chi connectivity index (χ4v) is 2.17. The first-order valence-corrected chi connectivity index (χ1v) is 7.56. The molecule has 2 heterocycles. The molecule has 7 heteroatoms. The molecule has 3 rings (SSSR count). The largest absolute Gasteiger partial charge is 0.459 e. The predicted octanol–water partition coefficient (Wildman–Crippen LogP) is 3.63. The lowest BCUT2D eigenvalue weighted by molar-refractivity contribution is -0.114. The van der Waals surface area contributed by atoms with Gasteiger partial charge in [-0.3, -0.25) is 9.59 Å². The van der Waals surface area contributed by atoms with Crippen LogP contribution < -0.4 is 16.0 Å². The van der Waals surface area contributed by atoms with Crippen molar-refractivity contribution in [2.45, 2.75) is 6.92 Å². The maximum Gasteiger partial charge on any atom is 0.292 e. The number of carbonyl (C=O) groups is 2. The Kier molecular flexibility index (Phi) is 4.75. The van der Waals surface area contributed by atoms with Gasteiger partial charge in [-0.1, -0.05) is 6.07 Å². The number of aromatic nitrogens is 1. The van der Waals surface area contributed by atoms with Gasteiger partial charge < -0.3 is 20.4 Å². The summed E-state index contributed by atoms with van der Waals surface area (Å²) in [5.74, 6) is 0.148. The van der Waals surface area contributed by atoms with Crippen LogP contribution in [0.5, 0.6) is 0 Å². The van der Waals surface area contributed by atoms with Crippen LogP contribution in [0, 0.1) is 0 Å². The molecule has 3 aromatic rings. The van der Waals surface area contributed by atoms with Crippen molar-refractivity contribution < 1.29 is 14.0 Å². The summed E-state index contributed by atoms with van der Waals surface area (Å²) in [4.78, 5) is 27.2. The minimum absolute atomic E-state index is 0.129. The quantitative estimate of drug-likeness (QED) is 0.661. The zero-order valence-electron chi connectivity index (χ0n) is 13.4. The summed E-state index contributed by atoms with van der Waals surface area (Å²) in [6, 6.07) is 14.0. The highest BCUT2D eigenvalue weighted by atomic mass is 16.3. The Hall–Kier alpha value is -3.61. The van der Waals surface area contributed by atoms with Gasteiger partial charge in [-0.2, -0.15) is 0 Å². The van der Waals surface area contributed by atoms with E-state index in [0.717, 1.165) is 11.4 Å². The van der Waals surface area contributed by atoms with Crippen molar-refractivity contribution in [3.05, 3.63) is 66.8 Å². The summed E-state index contributed by atoms with van der Waals surface area (Å²) >= 11 is 0. The summed E-state index contributed by atoms with van der Waals surface area (Å²) in [6.45, 7) is 1.46. The van der Waals surface area contributed by atoms with E-state index in [9.17, 15) is 9.59 Å². The Morgan fingerprint density at radius 1 is 0.960 bits per heavy atom. The summed E-state index contributed by atoms with van der Waals surface area (Å²) in [6.07, 6.45) is 3.03. The van der Waals surface area contributed by atoms with E-state index in [1.807, 2.05) is 18.2 Å². The average Bonchev–Trinajstić information content (AvgIpc) is 3.11.